The number of carboxylic acid groups (broad SMARTS) is 1. The molecule has 2 rings (SSSR count). The highest BCUT2D eigenvalue weighted by molar-refractivity contribution is 5.96. The molecule has 0 aromatic carbocycles. The van der Waals surface area contributed by atoms with E-state index in [9.17, 15) is 14.7 Å². The molecular weight excluding hydrogens is 224 g/mol. The summed E-state index contributed by atoms with van der Waals surface area (Å²) in [5.41, 5.74) is 0.327. The number of β-amino-alcohol motifs (C(OH)–C–C–N with tert-alkyl or cyclic N) is 1. The molecule has 1 aliphatic rings. The Morgan fingerprint density at radius 1 is 1.47 bits per heavy atom. The Morgan fingerprint density at radius 3 is 2.82 bits per heavy atom. The number of carbonyl (C=O) groups is 2. The van der Waals surface area contributed by atoms with Crippen molar-refractivity contribution in [2.75, 3.05) is 6.54 Å². The summed E-state index contributed by atoms with van der Waals surface area (Å²) < 4.78 is 0. The fraction of sp³-hybridized carbons (Fsp3) is 0.364. The summed E-state index contributed by atoms with van der Waals surface area (Å²) in [5, 5.41) is 18.4. The molecule has 1 amide bonds. The third-order valence-corrected chi connectivity index (χ3v) is 2.73. The number of carboxylic acids is 1. The molecule has 2 heterocycles. The van der Waals surface area contributed by atoms with Gasteiger partial charge in [-0.15, -0.1) is 0 Å². The van der Waals surface area contributed by atoms with Crippen LogP contribution < -0.4 is 0 Å². The lowest BCUT2D eigenvalue weighted by Crippen LogP contribution is -2.40. The fourth-order valence-corrected chi connectivity index (χ4v) is 1.93. The van der Waals surface area contributed by atoms with Crippen LogP contribution in [0.15, 0.2) is 24.5 Å². The topological polar surface area (TPSA) is 90.7 Å². The standard InChI is InChI=1S/C11H12N2O4/c14-8-4-9(11(16)17)13(6-8)10(15)7-2-1-3-12-5-7/h1-3,5,8-9,14H,4,6H2,(H,16,17)/t8-,9-/m0/s1. The number of aromatic nitrogens is 1. The predicted octanol–water partition coefficient (Wildman–Crippen LogP) is -0.258. The maximum absolute atomic E-state index is 12.0. The number of hydrogen-bond acceptors (Lipinski definition) is 4. The number of hydrogen-bond donors (Lipinski definition) is 2. The second kappa shape index (κ2) is 4.50. The van der Waals surface area contributed by atoms with Gasteiger partial charge in [0.2, 0.25) is 0 Å². The zero-order valence-corrected chi connectivity index (χ0v) is 8.98. The maximum Gasteiger partial charge on any atom is 0.326 e. The SMILES string of the molecule is O=C(O)[C@@H]1C[C@H](O)CN1C(=O)c1cccnc1. The first kappa shape index (κ1) is 11.5. The van der Waals surface area contributed by atoms with Crippen molar-refractivity contribution in [1.29, 1.82) is 0 Å². The molecule has 6 nitrogen and oxygen atoms in total. The monoisotopic (exact) mass is 236 g/mol. The molecule has 1 saturated heterocycles. The van der Waals surface area contributed by atoms with Crippen LogP contribution in [0, 0.1) is 0 Å². The molecule has 0 saturated carbocycles. The van der Waals surface area contributed by atoms with Gasteiger partial charge in [-0.3, -0.25) is 9.78 Å². The van der Waals surface area contributed by atoms with E-state index in [1.807, 2.05) is 0 Å². The number of pyridine rings is 1. The van der Waals surface area contributed by atoms with Gasteiger partial charge in [-0.1, -0.05) is 0 Å². The van der Waals surface area contributed by atoms with Crippen molar-refractivity contribution in [3.05, 3.63) is 30.1 Å². The van der Waals surface area contributed by atoms with Gasteiger partial charge >= 0.3 is 5.97 Å². The molecule has 1 aromatic rings. The highest BCUT2D eigenvalue weighted by Gasteiger charge is 2.39. The van der Waals surface area contributed by atoms with E-state index >= 15 is 0 Å². The van der Waals surface area contributed by atoms with Gasteiger partial charge in [0.25, 0.3) is 5.91 Å². The van der Waals surface area contributed by atoms with E-state index in [2.05, 4.69) is 4.98 Å². The van der Waals surface area contributed by atoms with Gasteiger partial charge in [0.1, 0.15) is 6.04 Å². The first-order valence-electron chi connectivity index (χ1n) is 5.21. The molecule has 1 fully saturated rings. The minimum atomic E-state index is -1.10. The van der Waals surface area contributed by atoms with E-state index in [4.69, 9.17) is 5.11 Å². The molecule has 0 bridgehead atoms. The summed E-state index contributed by atoms with van der Waals surface area (Å²) in [7, 11) is 0. The molecule has 2 N–H and O–H groups in total. The highest BCUT2D eigenvalue weighted by Crippen LogP contribution is 2.20. The van der Waals surface area contributed by atoms with E-state index < -0.39 is 24.0 Å². The van der Waals surface area contributed by atoms with Crippen LogP contribution in [0.4, 0.5) is 0 Å². The normalized spacial score (nSPS) is 23.7. The lowest BCUT2D eigenvalue weighted by atomic mass is 10.2. The minimum Gasteiger partial charge on any atom is -0.480 e. The van der Waals surface area contributed by atoms with Crippen molar-refractivity contribution in [2.24, 2.45) is 0 Å². The number of aliphatic hydroxyl groups excluding tert-OH is 1. The third-order valence-electron chi connectivity index (χ3n) is 2.73. The zero-order valence-electron chi connectivity index (χ0n) is 8.98. The first-order chi connectivity index (χ1) is 8.09. The van der Waals surface area contributed by atoms with Crippen LogP contribution in [0.1, 0.15) is 16.8 Å². The third kappa shape index (κ3) is 2.26. The second-order valence-corrected chi connectivity index (χ2v) is 3.94. The zero-order chi connectivity index (χ0) is 12.4. The highest BCUT2D eigenvalue weighted by atomic mass is 16.4. The summed E-state index contributed by atoms with van der Waals surface area (Å²) in [5.74, 6) is -1.51. The number of likely N-dealkylation sites (tertiary alicyclic amines) is 1. The number of amides is 1. The van der Waals surface area contributed by atoms with Crippen LogP contribution in [0.25, 0.3) is 0 Å². The Balaban J connectivity index is 2.22. The quantitative estimate of drug-likeness (QED) is 0.738. The van der Waals surface area contributed by atoms with Crippen molar-refractivity contribution >= 4 is 11.9 Å². The molecule has 1 aromatic heterocycles. The van der Waals surface area contributed by atoms with Gasteiger partial charge in [-0.05, 0) is 12.1 Å². The fourth-order valence-electron chi connectivity index (χ4n) is 1.93. The Bertz CT molecular complexity index is 434. The van der Waals surface area contributed by atoms with Crippen LogP contribution >= 0.6 is 0 Å². The Labute approximate surface area is 97.5 Å². The Morgan fingerprint density at radius 2 is 2.24 bits per heavy atom. The average Bonchev–Trinajstić information content (AvgIpc) is 2.72. The minimum absolute atomic E-state index is 0.0463. The van der Waals surface area contributed by atoms with Gasteiger partial charge in [0.15, 0.2) is 0 Å². The molecule has 17 heavy (non-hydrogen) atoms. The van der Waals surface area contributed by atoms with Crippen molar-refractivity contribution in [1.82, 2.24) is 9.88 Å². The molecule has 1 aliphatic heterocycles. The van der Waals surface area contributed by atoms with E-state index in [1.54, 1.807) is 12.1 Å². The van der Waals surface area contributed by atoms with Crippen molar-refractivity contribution in [3.8, 4) is 0 Å². The first-order valence-corrected chi connectivity index (χ1v) is 5.21. The second-order valence-electron chi connectivity index (χ2n) is 3.94. The van der Waals surface area contributed by atoms with Crippen LogP contribution in [-0.4, -0.2) is 50.7 Å². The Kier molecular flexibility index (Phi) is 3.06. The molecule has 0 radical (unpaired) electrons. The number of aliphatic carboxylic acids is 1. The summed E-state index contributed by atoms with van der Waals surface area (Å²) in [4.78, 5) is 28.0. The summed E-state index contributed by atoms with van der Waals surface area (Å²) in [6, 6.07) is 2.21. The van der Waals surface area contributed by atoms with Crippen molar-refractivity contribution in [2.45, 2.75) is 18.6 Å². The molecule has 0 spiro atoms. The molecule has 6 heteroatoms. The van der Waals surface area contributed by atoms with Crippen molar-refractivity contribution in [3.63, 3.8) is 0 Å². The van der Waals surface area contributed by atoms with Gasteiger partial charge in [-0.25, -0.2) is 4.79 Å². The van der Waals surface area contributed by atoms with Gasteiger partial charge in [0.05, 0.1) is 11.7 Å². The average molecular weight is 236 g/mol. The number of carbonyl (C=O) groups excluding carboxylic acids is 1. The smallest absolute Gasteiger partial charge is 0.326 e. The summed E-state index contributed by atoms with van der Waals surface area (Å²) >= 11 is 0. The van der Waals surface area contributed by atoms with Crippen LogP contribution in [0.2, 0.25) is 0 Å². The molecule has 0 unspecified atom stereocenters. The molecule has 90 valence electrons. The number of nitrogens with zero attached hydrogens (tertiary/aromatic N) is 2. The lowest BCUT2D eigenvalue weighted by Gasteiger charge is -2.20. The van der Waals surface area contributed by atoms with Gasteiger partial charge < -0.3 is 15.1 Å². The maximum atomic E-state index is 12.0. The Hall–Kier alpha value is -1.95. The van der Waals surface area contributed by atoms with E-state index in [-0.39, 0.29) is 13.0 Å². The predicted molar refractivity (Wildman–Crippen MR) is 57.3 cm³/mol. The van der Waals surface area contributed by atoms with E-state index in [1.165, 1.54) is 17.3 Å². The van der Waals surface area contributed by atoms with Crippen LogP contribution in [-0.2, 0) is 4.79 Å². The van der Waals surface area contributed by atoms with Crippen LogP contribution in [0.3, 0.4) is 0 Å². The van der Waals surface area contributed by atoms with E-state index in [0.717, 1.165) is 0 Å². The number of aliphatic hydroxyl groups is 1. The largest absolute Gasteiger partial charge is 0.480 e. The summed E-state index contributed by atoms with van der Waals surface area (Å²) in [6.45, 7) is 0.0463. The van der Waals surface area contributed by atoms with Gasteiger partial charge in [-0.2, -0.15) is 0 Å². The van der Waals surface area contributed by atoms with E-state index in [0.29, 0.717) is 5.56 Å². The molecular formula is C11H12N2O4. The molecule has 0 aliphatic carbocycles. The number of rotatable bonds is 2. The van der Waals surface area contributed by atoms with Gasteiger partial charge in [0, 0.05) is 25.4 Å². The van der Waals surface area contributed by atoms with Crippen molar-refractivity contribution < 1.29 is 19.8 Å². The lowest BCUT2D eigenvalue weighted by molar-refractivity contribution is -0.141. The summed E-state index contributed by atoms with van der Waals surface area (Å²) in [6.07, 6.45) is 2.20. The van der Waals surface area contributed by atoms with Crippen LogP contribution in [0.5, 0.6) is 0 Å². The molecule has 2 atom stereocenters.